The van der Waals surface area contributed by atoms with Crippen LogP contribution in [0.5, 0.6) is 11.5 Å². The summed E-state index contributed by atoms with van der Waals surface area (Å²) in [7, 11) is 0. The molecule has 2 rings (SSSR count). The van der Waals surface area contributed by atoms with Gasteiger partial charge in [0.2, 0.25) is 0 Å². The fraction of sp³-hybridized carbons (Fsp3) is 0.364. The Morgan fingerprint density at radius 2 is 1.79 bits per heavy atom. The number of nitrogens with two attached hydrogens (primary N) is 1. The molecule has 0 radical (unpaired) electrons. The number of thioether (sulfide) groups is 1. The number of para-hydroxylation sites is 1. The van der Waals surface area contributed by atoms with Crippen LogP contribution in [0.2, 0.25) is 0 Å². The van der Waals surface area contributed by atoms with E-state index in [1.165, 1.54) is 30.5 Å². The Bertz CT molecular complexity index is 955. The lowest BCUT2D eigenvalue weighted by Gasteiger charge is -2.15. The lowest BCUT2D eigenvalue weighted by molar-refractivity contribution is -0.139. The van der Waals surface area contributed by atoms with E-state index in [0.29, 0.717) is 12.8 Å². The molecule has 11 heteroatoms. The predicted molar refractivity (Wildman–Crippen MR) is 122 cm³/mol. The minimum absolute atomic E-state index is 0.0376. The number of rotatable bonds is 11. The highest BCUT2D eigenvalue weighted by atomic mass is 32.2. The maximum atomic E-state index is 13.6. The second-order valence-electron chi connectivity index (χ2n) is 6.76. The van der Waals surface area contributed by atoms with E-state index in [-0.39, 0.29) is 41.9 Å². The highest BCUT2D eigenvalue weighted by Gasteiger charge is 2.35. The average Bonchev–Trinajstić information content (AvgIpc) is 2.79. The zero-order valence-electron chi connectivity index (χ0n) is 17.9. The second kappa shape index (κ2) is 13.2. The minimum atomic E-state index is -4.63. The van der Waals surface area contributed by atoms with Gasteiger partial charge in [-0.2, -0.15) is 18.3 Å². The van der Waals surface area contributed by atoms with Crippen LogP contribution < -0.4 is 15.2 Å². The van der Waals surface area contributed by atoms with E-state index < -0.39 is 23.6 Å². The highest BCUT2D eigenvalue weighted by molar-refractivity contribution is 8.13. The standard InChI is InChI=1S/C22H25F4N3O3S/c1-33-21(29-28-13-16(27)14-30)15-8-9-19(17(12-15)22(24,25)26)31-10-4-5-11-32-20-7-3-2-6-18(20)23/h2-3,6-9,12-13,16,30H,4-5,10-11,14,27H2,1H3/b28-13+,29-21-. The van der Waals surface area contributed by atoms with Crippen molar-refractivity contribution in [2.75, 3.05) is 26.1 Å². The molecule has 0 aliphatic carbocycles. The summed E-state index contributed by atoms with van der Waals surface area (Å²) in [6, 6.07) is 8.92. The van der Waals surface area contributed by atoms with E-state index in [1.807, 2.05) is 0 Å². The Kier molecular flexibility index (Phi) is 10.6. The van der Waals surface area contributed by atoms with Crippen LogP contribution in [0.1, 0.15) is 24.0 Å². The third-order valence-corrected chi connectivity index (χ3v) is 4.94. The van der Waals surface area contributed by atoms with Crippen molar-refractivity contribution in [1.82, 2.24) is 0 Å². The molecular weight excluding hydrogens is 462 g/mol. The molecule has 1 unspecified atom stereocenters. The van der Waals surface area contributed by atoms with E-state index in [1.54, 1.807) is 18.4 Å². The van der Waals surface area contributed by atoms with Gasteiger partial charge in [0.25, 0.3) is 0 Å². The summed E-state index contributed by atoms with van der Waals surface area (Å²) >= 11 is 1.12. The first-order valence-corrected chi connectivity index (χ1v) is 11.2. The van der Waals surface area contributed by atoms with Crippen molar-refractivity contribution >= 4 is 23.0 Å². The van der Waals surface area contributed by atoms with Crippen molar-refractivity contribution in [1.29, 1.82) is 0 Å². The lowest BCUT2D eigenvalue weighted by atomic mass is 10.1. The number of aliphatic hydroxyl groups excluding tert-OH is 1. The number of benzene rings is 2. The molecule has 0 heterocycles. The van der Waals surface area contributed by atoms with Crippen molar-refractivity contribution in [2.45, 2.75) is 25.1 Å². The maximum Gasteiger partial charge on any atom is 0.419 e. The van der Waals surface area contributed by atoms with Crippen LogP contribution in [0.3, 0.4) is 0 Å². The van der Waals surface area contributed by atoms with E-state index in [2.05, 4.69) is 10.2 Å². The van der Waals surface area contributed by atoms with Crippen molar-refractivity contribution in [3.63, 3.8) is 0 Å². The summed E-state index contributed by atoms with van der Waals surface area (Å²) in [5, 5.41) is 16.7. The Morgan fingerprint density at radius 1 is 1.12 bits per heavy atom. The van der Waals surface area contributed by atoms with E-state index >= 15 is 0 Å². The molecule has 180 valence electrons. The zero-order valence-corrected chi connectivity index (χ0v) is 18.7. The van der Waals surface area contributed by atoms with Gasteiger partial charge >= 0.3 is 6.18 Å². The number of hydrogen-bond acceptors (Lipinski definition) is 7. The first kappa shape index (κ1) is 26.6. The summed E-state index contributed by atoms with van der Waals surface area (Å²) in [6.07, 6.45) is -0.878. The number of ether oxygens (including phenoxy) is 2. The molecule has 0 saturated carbocycles. The van der Waals surface area contributed by atoms with Gasteiger partial charge in [-0.3, -0.25) is 0 Å². The van der Waals surface area contributed by atoms with Crippen LogP contribution in [0.15, 0.2) is 52.7 Å². The normalized spacial score (nSPS) is 13.4. The molecular formula is C22H25F4N3O3S. The SMILES string of the molecule is CS/C(=N\N=C\C(N)CO)c1ccc(OCCCCOc2ccccc2F)c(C(F)(F)F)c1. The van der Waals surface area contributed by atoms with Gasteiger partial charge in [0.05, 0.1) is 31.4 Å². The van der Waals surface area contributed by atoms with Gasteiger partial charge in [0.15, 0.2) is 11.6 Å². The van der Waals surface area contributed by atoms with Gasteiger partial charge in [-0.15, -0.1) is 16.9 Å². The predicted octanol–water partition coefficient (Wildman–Crippen LogP) is 4.50. The van der Waals surface area contributed by atoms with Crippen molar-refractivity contribution < 1.29 is 32.1 Å². The summed E-state index contributed by atoms with van der Waals surface area (Å²) < 4.78 is 65.0. The monoisotopic (exact) mass is 487 g/mol. The highest BCUT2D eigenvalue weighted by Crippen LogP contribution is 2.37. The van der Waals surface area contributed by atoms with Crippen LogP contribution in [-0.2, 0) is 6.18 Å². The minimum Gasteiger partial charge on any atom is -0.493 e. The Morgan fingerprint density at radius 3 is 2.39 bits per heavy atom. The van der Waals surface area contributed by atoms with Gasteiger partial charge in [0.1, 0.15) is 10.8 Å². The fourth-order valence-corrected chi connectivity index (χ4v) is 3.07. The van der Waals surface area contributed by atoms with Crippen LogP contribution in [0.4, 0.5) is 17.6 Å². The Hall–Kier alpha value is -2.63. The first-order chi connectivity index (χ1) is 15.8. The van der Waals surface area contributed by atoms with Crippen LogP contribution in [0, 0.1) is 5.82 Å². The molecule has 0 aliphatic heterocycles. The molecule has 6 nitrogen and oxygen atoms in total. The van der Waals surface area contributed by atoms with Crippen LogP contribution in [-0.4, -0.2) is 48.5 Å². The van der Waals surface area contributed by atoms with Gasteiger partial charge < -0.3 is 20.3 Å². The van der Waals surface area contributed by atoms with Gasteiger partial charge in [-0.05, 0) is 49.4 Å². The maximum absolute atomic E-state index is 13.6. The number of aliphatic hydroxyl groups is 1. The van der Waals surface area contributed by atoms with E-state index in [0.717, 1.165) is 17.8 Å². The average molecular weight is 488 g/mol. The summed E-state index contributed by atoms with van der Waals surface area (Å²) in [6.45, 7) is -0.0770. The number of unbranched alkanes of at least 4 members (excludes halogenated alkanes) is 1. The molecule has 3 N–H and O–H groups in total. The van der Waals surface area contributed by atoms with Crippen LogP contribution >= 0.6 is 11.8 Å². The second-order valence-corrected chi connectivity index (χ2v) is 7.56. The first-order valence-electron chi connectivity index (χ1n) is 9.99. The molecule has 0 saturated heterocycles. The third-order valence-electron chi connectivity index (χ3n) is 4.23. The lowest BCUT2D eigenvalue weighted by Crippen LogP contribution is -2.25. The zero-order chi connectivity index (χ0) is 24.3. The molecule has 2 aromatic rings. The van der Waals surface area contributed by atoms with E-state index in [4.69, 9.17) is 20.3 Å². The molecule has 0 amide bonds. The summed E-state index contributed by atoms with van der Waals surface area (Å²) in [5.41, 5.74) is 4.78. The molecule has 0 aromatic heterocycles. The molecule has 0 aliphatic rings. The number of alkyl halides is 3. The third kappa shape index (κ3) is 8.67. The fourth-order valence-electron chi connectivity index (χ4n) is 2.58. The number of halogens is 4. The molecule has 33 heavy (non-hydrogen) atoms. The Balaban J connectivity index is 2.00. The van der Waals surface area contributed by atoms with Gasteiger partial charge in [0, 0.05) is 11.8 Å². The van der Waals surface area contributed by atoms with Crippen LogP contribution in [0.25, 0.3) is 0 Å². The number of nitrogens with zero attached hydrogens (tertiary/aromatic N) is 2. The van der Waals surface area contributed by atoms with E-state index in [9.17, 15) is 17.6 Å². The van der Waals surface area contributed by atoms with Gasteiger partial charge in [-0.1, -0.05) is 12.1 Å². The Labute approximate surface area is 193 Å². The van der Waals surface area contributed by atoms with Crippen molar-refractivity contribution in [3.05, 3.63) is 59.4 Å². The molecule has 0 fully saturated rings. The molecule has 0 spiro atoms. The molecule has 2 aromatic carbocycles. The quantitative estimate of drug-likeness (QED) is 0.160. The van der Waals surface area contributed by atoms with Crippen molar-refractivity contribution in [2.24, 2.45) is 15.9 Å². The topological polar surface area (TPSA) is 89.4 Å². The summed E-state index contributed by atoms with van der Waals surface area (Å²) in [5.74, 6) is -0.645. The summed E-state index contributed by atoms with van der Waals surface area (Å²) in [4.78, 5) is 0. The van der Waals surface area contributed by atoms with Crippen molar-refractivity contribution in [3.8, 4) is 11.5 Å². The smallest absolute Gasteiger partial charge is 0.419 e. The largest absolute Gasteiger partial charge is 0.493 e. The molecule has 1 atom stereocenters. The van der Waals surface area contributed by atoms with Gasteiger partial charge in [-0.25, -0.2) is 4.39 Å². The number of hydrogen-bond donors (Lipinski definition) is 2. The molecule has 0 bridgehead atoms.